The fourth-order valence-corrected chi connectivity index (χ4v) is 1.21. The summed E-state index contributed by atoms with van der Waals surface area (Å²) in [7, 11) is 0. The highest BCUT2D eigenvalue weighted by atomic mass is 16.5. The number of nitrogens with two attached hydrogens (primary N) is 1. The number of amides is 2. The lowest BCUT2D eigenvalue weighted by molar-refractivity contribution is -0.0303. The average molecular weight is 158 g/mol. The van der Waals surface area contributed by atoms with Crippen molar-refractivity contribution >= 4 is 6.03 Å². The van der Waals surface area contributed by atoms with Crippen molar-refractivity contribution in [2.24, 2.45) is 5.73 Å². The van der Waals surface area contributed by atoms with Crippen molar-refractivity contribution in [1.82, 2.24) is 4.90 Å². The maximum Gasteiger partial charge on any atom is 0.315 e. The van der Waals surface area contributed by atoms with Crippen LogP contribution in [0.3, 0.4) is 0 Å². The van der Waals surface area contributed by atoms with E-state index in [1.54, 1.807) is 4.90 Å². The van der Waals surface area contributed by atoms with E-state index >= 15 is 0 Å². The summed E-state index contributed by atoms with van der Waals surface area (Å²) in [6.45, 7) is 5.05. The van der Waals surface area contributed by atoms with Gasteiger partial charge < -0.3 is 15.4 Å². The molecule has 4 nitrogen and oxygen atoms in total. The molecule has 1 saturated heterocycles. The van der Waals surface area contributed by atoms with Gasteiger partial charge in [0.25, 0.3) is 0 Å². The highest BCUT2D eigenvalue weighted by molar-refractivity contribution is 5.72. The Balaban J connectivity index is 2.54. The smallest absolute Gasteiger partial charge is 0.315 e. The second-order valence-electron chi connectivity index (χ2n) is 2.98. The van der Waals surface area contributed by atoms with E-state index in [4.69, 9.17) is 10.5 Å². The van der Waals surface area contributed by atoms with Gasteiger partial charge in [0.1, 0.15) is 0 Å². The van der Waals surface area contributed by atoms with Gasteiger partial charge in [-0.25, -0.2) is 4.79 Å². The van der Waals surface area contributed by atoms with Crippen molar-refractivity contribution < 1.29 is 9.53 Å². The minimum absolute atomic E-state index is 0.110. The highest BCUT2D eigenvalue weighted by Crippen LogP contribution is 2.09. The first-order valence-electron chi connectivity index (χ1n) is 3.79. The first kappa shape index (κ1) is 8.33. The number of hydrogen-bond donors (Lipinski definition) is 1. The normalized spacial score (nSPS) is 32.0. The van der Waals surface area contributed by atoms with Crippen LogP contribution in [0.15, 0.2) is 0 Å². The van der Waals surface area contributed by atoms with Crippen molar-refractivity contribution in [1.29, 1.82) is 0 Å². The van der Waals surface area contributed by atoms with Crippen LogP contribution in [0.4, 0.5) is 4.79 Å². The average Bonchev–Trinajstić information content (AvgIpc) is 1.94. The number of carbonyl (C=O) groups is 1. The maximum atomic E-state index is 10.8. The van der Waals surface area contributed by atoms with Crippen molar-refractivity contribution in [2.45, 2.75) is 26.0 Å². The zero-order chi connectivity index (χ0) is 8.43. The lowest BCUT2D eigenvalue weighted by Crippen LogP contribution is -2.52. The summed E-state index contributed by atoms with van der Waals surface area (Å²) in [5.74, 6) is 0. The number of carbonyl (C=O) groups excluding carboxylic acids is 1. The summed E-state index contributed by atoms with van der Waals surface area (Å²) >= 11 is 0. The molecule has 0 aromatic carbocycles. The number of hydrogen-bond acceptors (Lipinski definition) is 2. The second kappa shape index (κ2) is 3.09. The first-order valence-corrected chi connectivity index (χ1v) is 3.79. The van der Waals surface area contributed by atoms with Crippen LogP contribution in [0.1, 0.15) is 13.8 Å². The lowest BCUT2D eigenvalue weighted by atomic mass is 10.2. The summed E-state index contributed by atoms with van der Waals surface area (Å²) in [6.07, 6.45) is 0.110. The van der Waals surface area contributed by atoms with Gasteiger partial charge in [0.2, 0.25) is 0 Å². The van der Waals surface area contributed by atoms with E-state index in [9.17, 15) is 4.79 Å². The maximum absolute atomic E-state index is 10.8. The third-order valence-electron chi connectivity index (χ3n) is 1.89. The van der Waals surface area contributed by atoms with Gasteiger partial charge in [0.15, 0.2) is 0 Å². The minimum Gasteiger partial charge on any atom is -0.375 e. The molecule has 0 aliphatic carbocycles. The van der Waals surface area contributed by atoms with Crippen molar-refractivity contribution in [3.8, 4) is 0 Å². The predicted octanol–water partition coefficient (Wildman–Crippen LogP) is 0.174. The third kappa shape index (κ3) is 1.83. The van der Waals surface area contributed by atoms with Gasteiger partial charge in [0.05, 0.1) is 18.8 Å². The van der Waals surface area contributed by atoms with Gasteiger partial charge in [0, 0.05) is 6.54 Å². The molecule has 2 atom stereocenters. The Bertz CT molecular complexity index is 161. The molecule has 2 amide bonds. The standard InChI is InChI=1S/C7H14N2O2/c1-5-4-11-6(2)3-9(5)7(8)10/h5-6H,3-4H2,1-2H3,(H2,8,10). The SMILES string of the molecule is CC1CN(C(N)=O)C(C)CO1. The Kier molecular flexibility index (Phi) is 2.34. The molecular formula is C7H14N2O2. The highest BCUT2D eigenvalue weighted by Gasteiger charge is 2.25. The van der Waals surface area contributed by atoms with Gasteiger partial charge >= 0.3 is 6.03 Å². The van der Waals surface area contributed by atoms with Gasteiger partial charge in [-0.1, -0.05) is 0 Å². The zero-order valence-electron chi connectivity index (χ0n) is 6.91. The molecule has 2 N–H and O–H groups in total. The summed E-state index contributed by atoms with van der Waals surface area (Å²) in [5.41, 5.74) is 5.15. The zero-order valence-corrected chi connectivity index (χ0v) is 6.91. The number of rotatable bonds is 0. The Hall–Kier alpha value is -0.770. The molecule has 0 saturated carbocycles. The number of ether oxygens (including phenoxy) is 1. The van der Waals surface area contributed by atoms with Crippen LogP contribution in [-0.2, 0) is 4.74 Å². The number of primary amides is 1. The summed E-state index contributed by atoms with van der Waals surface area (Å²) in [6, 6.07) is -0.239. The van der Waals surface area contributed by atoms with Crippen LogP contribution in [0.5, 0.6) is 0 Å². The summed E-state index contributed by atoms with van der Waals surface area (Å²) in [5, 5.41) is 0. The van der Waals surface area contributed by atoms with E-state index < -0.39 is 0 Å². The number of morpholine rings is 1. The van der Waals surface area contributed by atoms with E-state index in [1.165, 1.54) is 0 Å². The molecule has 0 aromatic rings. The summed E-state index contributed by atoms with van der Waals surface area (Å²) in [4.78, 5) is 12.4. The number of nitrogens with zero attached hydrogens (tertiary/aromatic N) is 1. The fraction of sp³-hybridized carbons (Fsp3) is 0.857. The van der Waals surface area contributed by atoms with Crippen LogP contribution >= 0.6 is 0 Å². The van der Waals surface area contributed by atoms with E-state index in [0.717, 1.165) is 0 Å². The van der Waals surface area contributed by atoms with Crippen molar-refractivity contribution in [2.75, 3.05) is 13.2 Å². The second-order valence-corrected chi connectivity index (χ2v) is 2.98. The van der Waals surface area contributed by atoms with Crippen LogP contribution in [0.2, 0.25) is 0 Å². The Labute approximate surface area is 66.3 Å². The van der Waals surface area contributed by atoms with Crippen LogP contribution < -0.4 is 5.73 Å². The Morgan fingerprint density at radius 2 is 2.27 bits per heavy atom. The largest absolute Gasteiger partial charge is 0.375 e. The molecule has 0 bridgehead atoms. The lowest BCUT2D eigenvalue weighted by Gasteiger charge is -2.35. The molecule has 0 aromatic heterocycles. The minimum atomic E-state index is -0.354. The Morgan fingerprint density at radius 3 is 2.73 bits per heavy atom. The molecule has 11 heavy (non-hydrogen) atoms. The first-order chi connectivity index (χ1) is 5.11. The molecule has 1 rings (SSSR count). The predicted molar refractivity (Wildman–Crippen MR) is 41.2 cm³/mol. The summed E-state index contributed by atoms with van der Waals surface area (Å²) < 4.78 is 5.32. The topological polar surface area (TPSA) is 55.6 Å². The van der Waals surface area contributed by atoms with E-state index in [-0.39, 0.29) is 18.2 Å². The number of urea groups is 1. The monoisotopic (exact) mass is 158 g/mol. The fourth-order valence-electron chi connectivity index (χ4n) is 1.21. The molecule has 1 aliphatic heterocycles. The van der Waals surface area contributed by atoms with E-state index in [1.807, 2.05) is 13.8 Å². The molecular weight excluding hydrogens is 144 g/mol. The quantitative estimate of drug-likeness (QED) is 0.546. The van der Waals surface area contributed by atoms with Gasteiger partial charge in [-0.15, -0.1) is 0 Å². The van der Waals surface area contributed by atoms with E-state index in [2.05, 4.69) is 0 Å². The van der Waals surface area contributed by atoms with Gasteiger partial charge in [-0.2, -0.15) is 0 Å². The van der Waals surface area contributed by atoms with Gasteiger partial charge in [-0.05, 0) is 13.8 Å². The molecule has 1 aliphatic rings. The van der Waals surface area contributed by atoms with Gasteiger partial charge in [-0.3, -0.25) is 0 Å². The molecule has 0 radical (unpaired) electrons. The van der Waals surface area contributed by atoms with E-state index in [0.29, 0.717) is 13.2 Å². The molecule has 64 valence electrons. The molecule has 0 spiro atoms. The molecule has 1 fully saturated rings. The van der Waals surface area contributed by atoms with Crippen molar-refractivity contribution in [3.05, 3.63) is 0 Å². The van der Waals surface area contributed by atoms with Crippen molar-refractivity contribution in [3.63, 3.8) is 0 Å². The third-order valence-corrected chi connectivity index (χ3v) is 1.89. The van der Waals surface area contributed by atoms with Crippen LogP contribution in [0.25, 0.3) is 0 Å². The Morgan fingerprint density at radius 1 is 1.64 bits per heavy atom. The molecule has 4 heteroatoms. The molecule has 2 unspecified atom stereocenters. The molecule has 1 heterocycles. The van der Waals surface area contributed by atoms with Crippen LogP contribution in [0, 0.1) is 0 Å². The van der Waals surface area contributed by atoms with Crippen LogP contribution in [-0.4, -0.2) is 36.2 Å².